The molecule has 103 valence electrons. The van der Waals surface area contributed by atoms with Gasteiger partial charge in [-0.05, 0) is 29.1 Å². The van der Waals surface area contributed by atoms with Crippen LogP contribution in [-0.2, 0) is 6.54 Å². The van der Waals surface area contributed by atoms with Gasteiger partial charge in [0.2, 0.25) is 0 Å². The Balaban J connectivity index is 2.12. The lowest BCUT2D eigenvalue weighted by atomic mass is 9.62. The van der Waals surface area contributed by atoms with E-state index in [1.54, 1.807) is 0 Å². The Kier molecular flexibility index (Phi) is 3.51. The normalized spacial score (nSPS) is 13.2. The SMILES string of the molecule is CC(C)(C)[B]N1Cc2ccccc2C#Cc2ccccc21. The van der Waals surface area contributed by atoms with Gasteiger partial charge in [-0.2, -0.15) is 0 Å². The summed E-state index contributed by atoms with van der Waals surface area (Å²) in [6.45, 7) is 7.54. The molecule has 0 aromatic heterocycles. The number of nitrogens with zero attached hydrogens (tertiary/aromatic N) is 1. The maximum Gasteiger partial charge on any atom is 0.252 e. The second-order valence-electron chi connectivity index (χ2n) is 6.55. The smallest absolute Gasteiger partial charge is 0.252 e. The first-order valence-corrected chi connectivity index (χ1v) is 7.34. The molecule has 0 bridgehead atoms. The van der Waals surface area contributed by atoms with Gasteiger partial charge in [0.05, 0.1) is 0 Å². The van der Waals surface area contributed by atoms with Gasteiger partial charge in [-0.1, -0.05) is 62.9 Å². The molecule has 1 aliphatic heterocycles. The van der Waals surface area contributed by atoms with Crippen molar-refractivity contribution in [1.82, 2.24) is 0 Å². The summed E-state index contributed by atoms with van der Waals surface area (Å²) in [7, 11) is 2.30. The van der Waals surface area contributed by atoms with Crippen LogP contribution in [0.25, 0.3) is 0 Å². The molecule has 0 unspecified atom stereocenters. The van der Waals surface area contributed by atoms with Gasteiger partial charge in [0.25, 0.3) is 7.41 Å². The van der Waals surface area contributed by atoms with Crippen LogP contribution in [-0.4, -0.2) is 7.41 Å². The van der Waals surface area contributed by atoms with E-state index >= 15 is 0 Å². The summed E-state index contributed by atoms with van der Waals surface area (Å²) < 4.78 is 0. The molecule has 0 atom stereocenters. The van der Waals surface area contributed by atoms with Crippen LogP contribution in [0.1, 0.15) is 37.5 Å². The van der Waals surface area contributed by atoms with Gasteiger partial charge in [-0.3, -0.25) is 0 Å². The molecule has 0 spiro atoms. The van der Waals surface area contributed by atoms with E-state index in [0.717, 1.165) is 17.7 Å². The lowest BCUT2D eigenvalue weighted by Crippen LogP contribution is -2.34. The molecule has 0 saturated carbocycles. The van der Waals surface area contributed by atoms with Crippen LogP contribution in [0.5, 0.6) is 0 Å². The molecular weight excluding hydrogens is 253 g/mol. The van der Waals surface area contributed by atoms with Crippen molar-refractivity contribution in [2.75, 3.05) is 4.81 Å². The van der Waals surface area contributed by atoms with Gasteiger partial charge in [0.1, 0.15) is 0 Å². The molecule has 3 rings (SSSR count). The van der Waals surface area contributed by atoms with Crippen molar-refractivity contribution in [2.24, 2.45) is 0 Å². The zero-order chi connectivity index (χ0) is 14.9. The Hall–Kier alpha value is -2.14. The Morgan fingerprint density at radius 3 is 2.29 bits per heavy atom. The Bertz CT molecular complexity index is 716. The summed E-state index contributed by atoms with van der Waals surface area (Å²) in [6, 6.07) is 16.8. The average molecular weight is 272 g/mol. The van der Waals surface area contributed by atoms with Gasteiger partial charge < -0.3 is 4.81 Å². The highest BCUT2D eigenvalue weighted by molar-refractivity contribution is 6.45. The molecule has 0 aliphatic carbocycles. The lowest BCUT2D eigenvalue weighted by Gasteiger charge is -2.32. The quantitative estimate of drug-likeness (QED) is 0.554. The van der Waals surface area contributed by atoms with Crippen LogP contribution in [0.15, 0.2) is 48.5 Å². The molecule has 1 nitrogen and oxygen atoms in total. The number of benzene rings is 2. The standard InChI is InChI=1S/C19H19BN/c1-19(2,3)20-21-14-17-10-5-4-8-15(17)12-13-16-9-6-7-11-18(16)21/h4-11H,14H2,1-3H3. The fourth-order valence-electron chi connectivity index (χ4n) is 2.60. The number of para-hydroxylation sites is 1. The molecule has 0 saturated heterocycles. The maximum atomic E-state index is 3.33. The van der Waals surface area contributed by atoms with E-state index < -0.39 is 0 Å². The first-order valence-electron chi connectivity index (χ1n) is 7.34. The first kappa shape index (κ1) is 13.8. The highest BCUT2D eigenvalue weighted by Gasteiger charge is 2.22. The van der Waals surface area contributed by atoms with Gasteiger partial charge in [0, 0.05) is 23.4 Å². The van der Waals surface area contributed by atoms with Crippen LogP contribution < -0.4 is 4.81 Å². The fourth-order valence-corrected chi connectivity index (χ4v) is 2.60. The summed E-state index contributed by atoms with van der Waals surface area (Å²) in [5.41, 5.74) is 4.68. The van der Waals surface area contributed by atoms with Crippen molar-refractivity contribution in [1.29, 1.82) is 0 Å². The van der Waals surface area contributed by atoms with E-state index in [9.17, 15) is 0 Å². The predicted octanol–water partition coefficient (Wildman–Crippen LogP) is 4.24. The minimum absolute atomic E-state index is 0.120. The summed E-state index contributed by atoms with van der Waals surface area (Å²) in [5.74, 6) is 6.64. The van der Waals surface area contributed by atoms with Gasteiger partial charge in [0.15, 0.2) is 0 Å². The lowest BCUT2D eigenvalue weighted by molar-refractivity contribution is 0.740. The van der Waals surface area contributed by atoms with Crippen molar-refractivity contribution in [3.8, 4) is 11.8 Å². The van der Waals surface area contributed by atoms with E-state index in [1.807, 2.05) is 0 Å². The van der Waals surface area contributed by atoms with Gasteiger partial charge in [-0.15, -0.1) is 0 Å². The van der Waals surface area contributed by atoms with E-state index in [-0.39, 0.29) is 5.31 Å². The van der Waals surface area contributed by atoms with Crippen molar-refractivity contribution in [3.63, 3.8) is 0 Å². The number of hydrogen-bond donors (Lipinski definition) is 0. The summed E-state index contributed by atoms with van der Waals surface area (Å²) in [6.07, 6.45) is 0. The van der Waals surface area contributed by atoms with Crippen LogP contribution in [0, 0.1) is 11.8 Å². The van der Waals surface area contributed by atoms with Crippen molar-refractivity contribution in [3.05, 3.63) is 65.2 Å². The minimum atomic E-state index is 0.120. The molecule has 21 heavy (non-hydrogen) atoms. The van der Waals surface area contributed by atoms with Crippen molar-refractivity contribution >= 4 is 13.1 Å². The van der Waals surface area contributed by atoms with E-state index in [0.29, 0.717) is 0 Å². The monoisotopic (exact) mass is 272 g/mol. The molecule has 2 aromatic rings. The Morgan fingerprint density at radius 2 is 1.52 bits per heavy atom. The van der Waals surface area contributed by atoms with Crippen LogP contribution in [0.2, 0.25) is 5.31 Å². The summed E-state index contributed by atoms with van der Waals surface area (Å²) >= 11 is 0. The molecule has 2 heteroatoms. The highest BCUT2D eigenvalue weighted by atomic mass is 15.1. The Labute approximate surface area is 128 Å². The summed E-state index contributed by atoms with van der Waals surface area (Å²) in [5, 5.41) is 0.120. The average Bonchev–Trinajstić information content (AvgIpc) is 2.43. The van der Waals surface area contributed by atoms with Crippen molar-refractivity contribution in [2.45, 2.75) is 32.6 Å². The molecule has 1 heterocycles. The topological polar surface area (TPSA) is 3.24 Å². The zero-order valence-electron chi connectivity index (χ0n) is 12.9. The minimum Gasteiger partial charge on any atom is -0.414 e. The largest absolute Gasteiger partial charge is 0.414 e. The first-order chi connectivity index (χ1) is 10.0. The van der Waals surface area contributed by atoms with Crippen LogP contribution >= 0.6 is 0 Å². The van der Waals surface area contributed by atoms with Crippen molar-refractivity contribution < 1.29 is 0 Å². The number of rotatable bonds is 1. The van der Waals surface area contributed by atoms with E-state index in [4.69, 9.17) is 0 Å². The van der Waals surface area contributed by atoms with Gasteiger partial charge in [-0.25, -0.2) is 0 Å². The highest BCUT2D eigenvalue weighted by Crippen LogP contribution is 2.30. The molecule has 0 amide bonds. The Morgan fingerprint density at radius 1 is 0.905 bits per heavy atom. The van der Waals surface area contributed by atoms with E-state index in [2.05, 4.69) is 93.4 Å². The number of anilines is 1. The second-order valence-corrected chi connectivity index (χ2v) is 6.55. The molecule has 0 fully saturated rings. The number of fused-ring (bicyclic) bond motifs is 2. The predicted molar refractivity (Wildman–Crippen MR) is 90.5 cm³/mol. The van der Waals surface area contributed by atoms with Gasteiger partial charge >= 0.3 is 0 Å². The molecule has 1 aliphatic rings. The maximum absolute atomic E-state index is 3.33. The van der Waals surface area contributed by atoms with E-state index in [1.165, 1.54) is 11.3 Å². The van der Waals surface area contributed by atoms with Crippen LogP contribution in [0.4, 0.5) is 5.69 Å². The fraction of sp³-hybridized carbons (Fsp3) is 0.263. The zero-order valence-corrected chi connectivity index (χ0v) is 12.9. The second kappa shape index (κ2) is 5.33. The molecular formula is C19H19BN. The number of hydrogen-bond acceptors (Lipinski definition) is 1. The third kappa shape index (κ3) is 3.14. The molecule has 2 aromatic carbocycles. The third-order valence-corrected chi connectivity index (χ3v) is 3.45. The third-order valence-electron chi connectivity index (χ3n) is 3.45. The molecule has 1 radical (unpaired) electrons. The van der Waals surface area contributed by atoms with Crippen LogP contribution in [0.3, 0.4) is 0 Å². The molecule has 0 N–H and O–H groups in total. The summed E-state index contributed by atoms with van der Waals surface area (Å²) in [4.78, 5) is 2.34.